The van der Waals surface area contributed by atoms with Crippen molar-refractivity contribution in [2.75, 3.05) is 44.6 Å². The summed E-state index contributed by atoms with van der Waals surface area (Å²) in [7, 11) is 2.65. The summed E-state index contributed by atoms with van der Waals surface area (Å²) in [5.74, 6) is -1.26. The third-order valence-corrected chi connectivity index (χ3v) is 5.92. The number of phosphoric acid groups is 1. The number of nitrogens with zero attached hydrogens (tertiary/aromatic N) is 2. The highest BCUT2D eigenvalue weighted by molar-refractivity contribution is 7.46. The summed E-state index contributed by atoms with van der Waals surface area (Å²) in [5, 5.41) is 9.70. The topological polar surface area (TPSA) is 138 Å². The summed E-state index contributed by atoms with van der Waals surface area (Å²) in [6, 6.07) is 14.9. The molecule has 11 nitrogen and oxygen atoms in total. The quantitative estimate of drug-likeness (QED) is 0.279. The largest absolute Gasteiger partial charge is 0.485 e. The summed E-state index contributed by atoms with van der Waals surface area (Å²) < 4.78 is 32.9. The Morgan fingerprint density at radius 1 is 0.889 bits per heavy atom. The van der Waals surface area contributed by atoms with Crippen LogP contribution in [0.25, 0.3) is 0 Å². The van der Waals surface area contributed by atoms with Crippen LogP contribution in [-0.2, 0) is 41.3 Å². The second-order valence-corrected chi connectivity index (χ2v) is 9.73. The van der Waals surface area contributed by atoms with Gasteiger partial charge >= 0.3 is 13.8 Å². The van der Waals surface area contributed by atoms with Crippen molar-refractivity contribution < 1.29 is 43.0 Å². The van der Waals surface area contributed by atoms with Gasteiger partial charge in [0.15, 0.2) is 11.9 Å². The summed E-state index contributed by atoms with van der Waals surface area (Å²) in [6.45, 7) is -0.820. The molecule has 0 aliphatic carbocycles. The number of hydrogen-bond acceptors (Lipinski definition) is 9. The number of ether oxygens (including phenoxy) is 3. The lowest BCUT2D eigenvalue weighted by Gasteiger charge is -2.23. The molecule has 12 heteroatoms. The molecular formula is C24H31N2O9P. The molecule has 2 unspecified atom stereocenters. The Hall–Kier alpha value is -3.08. The maximum atomic E-state index is 12.6. The number of esters is 1. The van der Waals surface area contributed by atoms with Crippen molar-refractivity contribution in [2.24, 2.45) is 0 Å². The van der Waals surface area contributed by atoms with E-state index in [1.165, 1.54) is 0 Å². The first-order chi connectivity index (χ1) is 17.0. The Kier molecular flexibility index (Phi) is 8.99. The molecule has 0 radical (unpaired) electrons. The minimum Gasteiger partial charge on any atom is -0.485 e. The number of carbonyl (C=O) groups excluding carboxylic acids is 1. The van der Waals surface area contributed by atoms with Crippen molar-refractivity contribution in [1.82, 2.24) is 0 Å². The van der Waals surface area contributed by atoms with Gasteiger partial charge in [0.25, 0.3) is 0 Å². The first-order valence-corrected chi connectivity index (χ1v) is 12.6. The number of aliphatic hydroxyl groups excluding tert-OH is 1. The first-order valence-electron chi connectivity index (χ1n) is 11.1. The summed E-state index contributed by atoms with van der Waals surface area (Å²) in [5.41, 5.74) is 3.51. The molecule has 0 spiro atoms. The van der Waals surface area contributed by atoms with E-state index in [1.807, 2.05) is 86.5 Å². The van der Waals surface area contributed by atoms with Gasteiger partial charge in [0.1, 0.15) is 19.3 Å². The molecule has 0 saturated carbocycles. The van der Waals surface area contributed by atoms with Crippen molar-refractivity contribution in [3.63, 3.8) is 0 Å². The van der Waals surface area contributed by atoms with Gasteiger partial charge in [-0.15, -0.1) is 0 Å². The highest BCUT2D eigenvalue weighted by atomic mass is 31.2. The lowest BCUT2D eigenvalue weighted by atomic mass is 10.1. The molecule has 0 amide bonds. The molecule has 3 rings (SSSR count). The summed E-state index contributed by atoms with van der Waals surface area (Å²) >= 11 is 0. The van der Waals surface area contributed by atoms with Gasteiger partial charge in [-0.2, -0.15) is 0 Å². The van der Waals surface area contributed by atoms with E-state index in [0.29, 0.717) is 0 Å². The van der Waals surface area contributed by atoms with E-state index < -0.39 is 32.6 Å². The fourth-order valence-electron chi connectivity index (χ4n) is 3.43. The molecule has 0 bridgehead atoms. The fraction of sp³-hybridized carbons (Fsp3) is 0.375. The second-order valence-electron chi connectivity index (χ2n) is 8.54. The van der Waals surface area contributed by atoms with Crippen LogP contribution in [0.2, 0.25) is 0 Å². The molecule has 196 valence electrons. The highest BCUT2D eigenvalue weighted by Gasteiger charge is 2.45. The monoisotopic (exact) mass is 522 g/mol. The van der Waals surface area contributed by atoms with Crippen molar-refractivity contribution in [3.8, 4) is 0 Å². The fourth-order valence-corrected chi connectivity index (χ4v) is 3.96. The molecule has 36 heavy (non-hydrogen) atoms. The van der Waals surface area contributed by atoms with Crippen LogP contribution < -0.4 is 9.80 Å². The van der Waals surface area contributed by atoms with Crippen molar-refractivity contribution in [2.45, 2.75) is 25.4 Å². The minimum atomic E-state index is -5.00. The van der Waals surface area contributed by atoms with E-state index in [9.17, 15) is 24.3 Å². The van der Waals surface area contributed by atoms with Gasteiger partial charge in [-0.05, 0) is 35.4 Å². The normalized spacial score (nSPS) is 16.5. The van der Waals surface area contributed by atoms with Crippen LogP contribution in [0.1, 0.15) is 11.1 Å². The molecule has 0 fully saturated rings. The Labute approximate surface area is 209 Å². The maximum Gasteiger partial charge on any atom is 0.470 e. The lowest BCUT2D eigenvalue weighted by molar-refractivity contribution is -0.148. The number of hydrogen-bond donors (Lipinski definition) is 3. The zero-order valence-corrected chi connectivity index (χ0v) is 21.4. The van der Waals surface area contributed by atoms with Gasteiger partial charge in [-0.25, -0.2) is 9.36 Å². The second kappa shape index (κ2) is 11.8. The van der Waals surface area contributed by atoms with E-state index in [-0.39, 0.29) is 24.7 Å². The van der Waals surface area contributed by atoms with Gasteiger partial charge in [0, 0.05) is 39.6 Å². The van der Waals surface area contributed by atoms with Gasteiger partial charge in [-0.1, -0.05) is 24.3 Å². The number of benzene rings is 2. The van der Waals surface area contributed by atoms with E-state index in [1.54, 1.807) is 0 Å². The Bertz CT molecular complexity index is 1110. The summed E-state index contributed by atoms with van der Waals surface area (Å²) in [4.78, 5) is 35.0. The predicted molar refractivity (Wildman–Crippen MR) is 132 cm³/mol. The van der Waals surface area contributed by atoms with E-state index in [0.717, 1.165) is 22.5 Å². The number of aliphatic hydroxyl groups is 1. The van der Waals surface area contributed by atoms with E-state index >= 15 is 0 Å². The predicted octanol–water partition coefficient (Wildman–Crippen LogP) is 2.16. The van der Waals surface area contributed by atoms with Crippen LogP contribution in [0, 0.1) is 0 Å². The Morgan fingerprint density at radius 3 is 1.78 bits per heavy atom. The van der Waals surface area contributed by atoms with Gasteiger partial charge in [0.2, 0.25) is 5.76 Å². The molecule has 1 aliphatic heterocycles. The highest BCUT2D eigenvalue weighted by Crippen LogP contribution is 2.41. The molecule has 2 aromatic rings. The first kappa shape index (κ1) is 27.5. The molecule has 0 saturated heterocycles. The van der Waals surface area contributed by atoms with Crippen molar-refractivity contribution in [1.29, 1.82) is 0 Å². The van der Waals surface area contributed by atoms with Crippen LogP contribution in [0.3, 0.4) is 0 Å². The van der Waals surface area contributed by atoms with Crippen LogP contribution in [0.15, 0.2) is 60.0 Å². The standard InChI is InChI=1S/C24H31N2O9P/c1-25(2)18-9-5-16(6-10-18)14-32-22-21(20(13-27)35-36(29,30)31)34-24(28)23(22)33-15-17-7-11-19(12-8-17)26(3)4/h5-12,20-21,27H,13-15H2,1-4H3,(H2,29,30,31). The number of cyclic esters (lactones) is 1. The third-order valence-electron chi connectivity index (χ3n) is 5.37. The maximum absolute atomic E-state index is 12.6. The van der Waals surface area contributed by atoms with E-state index in [2.05, 4.69) is 4.52 Å². The minimum absolute atomic E-state index is 0.00856. The number of carbonyl (C=O) groups is 1. The van der Waals surface area contributed by atoms with E-state index in [4.69, 9.17) is 14.2 Å². The molecule has 1 aliphatic rings. The number of anilines is 2. The number of rotatable bonds is 12. The van der Waals surface area contributed by atoms with Crippen LogP contribution in [0.5, 0.6) is 0 Å². The summed E-state index contributed by atoms with van der Waals surface area (Å²) in [6.07, 6.45) is -2.98. The number of phosphoric ester groups is 1. The van der Waals surface area contributed by atoms with Crippen molar-refractivity contribution in [3.05, 3.63) is 71.2 Å². The average Bonchev–Trinajstić information content (AvgIpc) is 3.14. The zero-order chi connectivity index (χ0) is 26.5. The van der Waals surface area contributed by atoms with Crippen LogP contribution in [-0.4, -0.2) is 67.9 Å². The van der Waals surface area contributed by atoms with Gasteiger partial charge in [-0.3, -0.25) is 4.52 Å². The molecular weight excluding hydrogens is 491 g/mol. The lowest BCUT2D eigenvalue weighted by Crippen LogP contribution is -2.34. The van der Waals surface area contributed by atoms with Crippen LogP contribution in [0.4, 0.5) is 11.4 Å². The molecule has 2 aromatic carbocycles. The Morgan fingerprint density at radius 2 is 1.36 bits per heavy atom. The zero-order valence-electron chi connectivity index (χ0n) is 20.5. The third kappa shape index (κ3) is 7.22. The molecule has 0 aromatic heterocycles. The SMILES string of the molecule is CN(C)c1ccc(COC2=C(OCc3ccc(N(C)C)cc3)C(C(CO)OP(=O)(O)O)OC2=O)cc1. The molecule has 1 heterocycles. The average molecular weight is 522 g/mol. The molecule has 3 N–H and O–H groups in total. The smallest absolute Gasteiger partial charge is 0.470 e. The Balaban J connectivity index is 1.84. The van der Waals surface area contributed by atoms with Gasteiger partial charge < -0.3 is 38.9 Å². The van der Waals surface area contributed by atoms with Gasteiger partial charge in [0.05, 0.1) is 6.61 Å². The molecule has 2 atom stereocenters. The van der Waals surface area contributed by atoms with Crippen molar-refractivity contribution >= 4 is 25.2 Å². The van der Waals surface area contributed by atoms with Crippen LogP contribution >= 0.6 is 7.82 Å².